The first-order chi connectivity index (χ1) is 14.3. The lowest BCUT2D eigenvalue weighted by Gasteiger charge is -2.08. The summed E-state index contributed by atoms with van der Waals surface area (Å²) in [6.45, 7) is 3.05. The lowest BCUT2D eigenvalue weighted by Crippen LogP contribution is -2.21. The van der Waals surface area contributed by atoms with Gasteiger partial charge in [-0.2, -0.15) is 5.10 Å². The van der Waals surface area contributed by atoms with Gasteiger partial charge < -0.3 is 15.8 Å². The van der Waals surface area contributed by atoms with Crippen LogP contribution in [0.25, 0.3) is 22.0 Å². The molecule has 148 valence electrons. The van der Waals surface area contributed by atoms with Crippen LogP contribution in [0.3, 0.4) is 0 Å². The van der Waals surface area contributed by atoms with Gasteiger partial charge in [0, 0.05) is 25.0 Å². The number of aromatic nitrogens is 2. The molecule has 29 heavy (non-hydrogen) atoms. The van der Waals surface area contributed by atoms with E-state index in [1.165, 1.54) is 22.3 Å². The predicted octanol–water partition coefficient (Wildman–Crippen LogP) is 3.81. The van der Waals surface area contributed by atoms with Crippen molar-refractivity contribution in [2.45, 2.75) is 13.1 Å². The van der Waals surface area contributed by atoms with Crippen LogP contribution in [0, 0.1) is 0 Å². The summed E-state index contributed by atoms with van der Waals surface area (Å²) in [7, 11) is 1.68. The highest BCUT2D eigenvalue weighted by Gasteiger charge is 2.07. The molecule has 0 saturated heterocycles. The molecule has 3 N–H and O–H groups in total. The molecule has 5 heteroatoms. The van der Waals surface area contributed by atoms with E-state index in [1.807, 2.05) is 23.0 Å². The van der Waals surface area contributed by atoms with Gasteiger partial charge in [-0.25, -0.2) is 0 Å². The van der Waals surface area contributed by atoms with Gasteiger partial charge in [0.15, 0.2) is 0 Å². The summed E-state index contributed by atoms with van der Waals surface area (Å²) in [6.07, 6.45) is 1.93. The predicted molar refractivity (Wildman–Crippen MR) is 118 cm³/mol. The van der Waals surface area contributed by atoms with Gasteiger partial charge >= 0.3 is 0 Å². The Morgan fingerprint density at radius 2 is 1.66 bits per heavy atom. The van der Waals surface area contributed by atoms with Gasteiger partial charge in [-0.05, 0) is 40.5 Å². The van der Waals surface area contributed by atoms with Crippen LogP contribution in [-0.4, -0.2) is 30.0 Å². The number of hydrogen-bond acceptors (Lipinski definition) is 4. The van der Waals surface area contributed by atoms with Gasteiger partial charge in [0.25, 0.3) is 0 Å². The van der Waals surface area contributed by atoms with Crippen LogP contribution in [0.1, 0.15) is 11.1 Å². The summed E-state index contributed by atoms with van der Waals surface area (Å²) in [5.74, 6) is 0.864. The average molecular weight is 386 g/mol. The van der Waals surface area contributed by atoms with Gasteiger partial charge in [0.1, 0.15) is 5.75 Å². The lowest BCUT2D eigenvalue weighted by atomic mass is 10.0. The molecule has 0 unspecified atom stereocenters. The summed E-state index contributed by atoms with van der Waals surface area (Å²) in [5, 5.41) is 9.06. The van der Waals surface area contributed by atoms with Crippen molar-refractivity contribution in [1.29, 1.82) is 0 Å². The molecule has 3 aromatic carbocycles. The highest BCUT2D eigenvalue weighted by atomic mass is 16.5. The molecule has 0 aliphatic heterocycles. The molecular formula is C24H26N4O. The second-order valence-electron chi connectivity index (χ2n) is 7.09. The third-order valence-corrected chi connectivity index (χ3v) is 5.07. The van der Waals surface area contributed by atoms with E-state index < -0.39 is 0 Å². The van der Waals surface area contributed by atoms with E-state index in [0.717, 1.165) is 36.3 Å². The van der Waals surface area contributed by atoms with Crippen LogP contribution < -0.4 is 15.8 Å². The minimum absolute atomic E-state index is 0.655. The normalized spacial score (nSPS) is 11.1. The maximum absolute atomic E-state index is 5.53. The van der Waals surface area contributed by atoms with Gasteiger partial charge in [-0.1, -0.05) is 48.5 Å². The zero-order valence-corrected chi connectivity index (χ0v) is 16.6. The Hall–Kier alpha value is -3.15. The summed E-state index contributed by atoms with van der Waals surface area (Å²) >= 11 is 0. The maximum atomic E-state index is 5.53. The van der Waals surface area contributed by atoms with Crippen molar-refractivity contribution in [3.05, 3.63) is 84.1 Å². The van der Waals surface area contributed by atoms with Crippen molar-refractivity contribution in [3.63, 3.8) is 0 Å². The number of hydrogen-bond donors (Lipinski definition) is 2. The molecule has 0 aliphatic carbocycles. The van der Waals surface area contributed by atoms with E-state index in [9.17, 15) is 0 Å². The van der Waals surface area contributed by atoms with Crippen LogP contribution in [0.2, 0.25) is 0 Å². The van der Waals surface area contributed by atoms with E-state index in [0.29, 0.717) is 6.54 Å². The molecule has 0 amide bonds. The Morgan fingerprint density at radius 3 is 2.38 bits per heavy atom. The van der Waals surface area contributed by atoms with E-state index in [4.69, 9.17) is 10.5 Å². The first-order valence-corrected chi connectivity index (χ1v) is 9.85. The van der Waals surface area contributed by atoms with Crippen LogP contribution in [0.5, 0.6) is 5.75 Å². The van der Waals surface area contributed by atoms with E-state index in [2.05, 4.69) is 65.0 Å². The molecule has 0 radical (unpaired) electrons. The van der Waals surface area contributed by atoms with Crippen molar-refractivity contribution in [2.24, 2.45) is 5.73 Å². The van der Waals surface area contributed by atoms with E-state index in [1.54, 1.807) is 7.11 Å². The molecule has 4 aromatic rings. The van der Waals surface area contributed by atoms with Crippen molar-refractivity contribution >= 4 is 10.9 Å². The minimum atomic E-state index is 0.655. The number of nitrogens with zero attached hydrogens (tertiary/aromatic N) is 2. The molecule has 0 bridgehead atoms. The number of ether oxygens (including phenoxy) is 1. The zero-order chi connectivity index (χ0) is 20.1. The van der Waals surface area contributed by atoms with Crippen molar-refractivity contribution < 1.29 is 4.74 Å². The Labute approximate surface area is 171 Å². The van der Waals surface area contributed by atoms with E-state index >= 15 is 0 Å². The smallest absolute Gasteiger partial charge is 0.118 e. The summed E-state index contributed by atoms with van der Waals surface area (Å²) < 4.78 is 7.29. The first kappa shape index (κ1) is 19.2. The summed E-state index contributed by atoms with van der Waals surface area (Å²) in [5.41, 5.74) is 11.5. The summed E-state index contributed by atoms with van der Waals surface area (Å²) in [6, 6.07) is 23.3. The topological polar surface area (TPSA) is 65.1 Å². The molecule has 5 nitrogen and oxygen atoms in total. The maximum Gasteiger partial charge on any atom is 0.118 e. The zero-order valence-electron chi connectivity index (χ0n) is 16.6. The molecule has 0 spiro atoms. The third-order valence-electron chi connectivity index (χ3n) is 5.07. The standard InChI is InChI=1S/C24H26N4O/c1-29-23-10-4-19(5-11-23)17-28-24-14-21(8-9-22(24)16-27-28)20-6-2-18(3-7-20)15-26-13-12-25/h2-11,14,16,26H,12-13,15,17,25H2,1H3. The number of nitrogens with one attached hydrogen (secondary N) is 1. The fraction of sp³-hybridized carbons (Fsp3) is 0.208. The quantitative estimate of drug-likeness (QED) is 0.452. The number of methoxy groups -OCH3 is 1. The molecular weight excluding hydrogens is 360 g/mol. The van der Waals surface area contributed by atoms with E-state index in [-0.39, 0.29) is 0 Å². The molecule has 0 aliphatic rings. The van der Waals surface area contributed by atoms with Crippen molar-refractivity contribution in [3.8, 4) is 16.9 Å². The Morgan fingerprint density at radius 1 is 0.931 bits per heavy atom. The first-order valence-electron chi connectivity index (χ1n) is 9.85. The Kier molecular flexibility index (Phi) is 5.89. The highest BCUT2D eigenvalue weighted by molar-refractivity contribution is 5.84. The van der Waals surface area contributed by atoms with Gasteiger partial charge in [0.2, 0.25) is 0 Å². The second kappa shape index (κ2) is 8.90. The van der Waals surface area contributed by atoms with Crippen molar-refractivity contribution in [2.75, 3.05) is 20.2 Å². The average Bonchev–Trinajstić information content (AvgIpc) is 3.17. The largest absolute Gasteiger partial charge is 0.497 e. The Bertz CT molecular complexity index is 1070. The molecule has 1 aromatic heterocycles. The lowest BCUT2D eigenvalue weighted by molar-refractivity contribution is 0.414. The molecule has 1 heterocycles. The number of fused-ring (bicyclic) bond motifs is 1. The van der Waals surface area contributed by atoms with Gasteiger partial charge in [-0.15, -0.1) is 0 Å². The SMILES string of the molecule is COc1ccc(Cn2ncc3ccc(-c4ccc(CNCCN)cc4)cc32)cc1. The Balaban J connectivity index is 1.56. The van der Waals surface area contributed by atoms with Crippen LogP contribution in [-0.2, 0) is 13.1 Å². The minimum Gasteiger partial charge on any atom is -0.497 e. The highest BCUT2D eigenvalue weighted by Crippen LogP contribution is 2.25. The number of benzene rings is 3. The molecule has 0 fully saturated rings. The van der Waals surface area contributed by atoms with Crippen LogP contribution in [0.15, 0.2) is 72.9 Å². The molecule has 0 atom stereocenters. The third kappa shape index (κ3) is 4.47. The number of rotatable bonds is 8. The molecule has 4 rings (SSSR count). The van der Waals surface area contributed by atoms with Gasteiger partial charge in [-0.3, -0.25) is 4.68 Å². The fourth-order valence-corrected chi connectivity index (χ4v) is 3.43. The second-order valence-corrected chi connectivity index (χ2v) is 7.09. The summed E-state index contributed by atoms with van der Waals surface area (Å²) in [4.78, 5) is 0. The fourth-order valence-electron chi connectivity index (χ4n) is 3.43. The van der Waals surface area contributed by atoms with Crippen molar-refractivity contribution in [1.82, 2.24) is 15.1 Å². The monoisotopic (exact) mass is 386 g/mol. The number of nitrogens with two attached hydrogens (primary N) is 1. The van der Waals surface area contributed by atoms with Gasteiger partial charge in [0.05, 0.1) is 25.4 Å². The molecule has 0 saturated carbocycles. The van der Waals surface area contributed by atoms with Crippen LogP contribution in [0.4, 0.5) is 0 Å². The van der Waals surface area contributed by atoms with Crippen LogP contribution >= 0.6 is 0 Å².